The van der Waals surface area contributed by atoms with Gasteiger partial charge in [0.15, 0.2) is 0 Å². The van der Waals surface area contributed by atoms with Gasteiger partial charge in [0.2, 0.25) is 0 Å². The molecule has 1 heterocycles. The number of nitrogen functional groups attached to an aromatic ring is 1. The first-order valence-corrected chi connectivity index (χ1v) is 6.43. The monoisotopic (exact) mass is 291 g/mol. The second-order valence-corrected chi connectivity index (χ2v) is 4.39. The van der Waals surface area contributed by atoms with Crippen LogP contribution in [0.5, 0.6) is 5.75 Å². The summed E-state index contributed by atoms with van der Waals surface area (Å²) in [5, 5.41) is 2.95. The molecular formula is C14H14ClN3O2. The van der Waals surface area contributed by atoms with Crippen LogP contribution in [0.25, 0.3) is 0 Å². The molecule has 0 aliphatic heterocycles. The van der Waals surface area contributed by atoms with E-state index in [0.717, 1.165) is 5.75 Å². The zero-order valence-corrected chi connectivity index (χ0v) is 11.6. The van der Waals surface area contributed by atoms with Crippen molar-refractivity contribution in [2.45, 2.75) is 6.92 Å². The summed E-state index contributed by atoms with van der Waals surface area (Å²) >= 11 is 5.76. The van der Waals surface area contributed by atoms with E-state index < -0.39 is 0 Å². The highest BCUT2D eigenvalue weighted by Gasteiger charge is 2.11. The molecule has 0 atom stereocenters. The number of carbonyl (C=O) groups excluding carboxylic acids is 1. The molecule has 0 aliphatic carbocycles. The summed E-state index contributed by atoms with van der Waals surface area (Å²) in [6.07, 6.45) is 1.36. The van der Waals surface area contributed by atoms with Crippen molar-refractivity contribution in [1.82, 2.24) is 4.98 Å². The normalized spacial score (nSPS) is 10.1. The van der Waals surface area contributed by atoms with Crippen LogP contribution < -0.4 is 15.8 Å². The number of benzene rings is 1. The van der Waals surface area contributed by atoms with Gasteiger partial charge in [-0.3, -0.25) is 4.79 Å². The molecule has 0 saturated carbocycles. The fourth-order valence-electron chi connectivity index (χ4n) is 1.64. The Hall–Kier alpha value is -2.27. The largest absolute Gasteiger partial charge is 0.494 e. The molecule has 2 rings (SSSR count). The fraction of sp³-hybridized carbons (Fsp3) is 0.143. The van der Waals surface area contributed by atoms with Crippen LogP contribution in [-0.4, -0.2) is 17.5 Å². The molecule has 3 N–H and O–H groups in total. The second kappa shape index (κ2) is 6.25. The van der Waals surface area contributed by atoms with Gasteiger partial charge in [0.1, 0.15) is 10.9 Å². The topological polar surface area (TPSA) is 77.2 Å². The number of nitrogens with one attached hydrogen (secondary N) is 1. The van der Waals surface area contributed by atoms with Gasteiger partial charge in [0.05, 0.1) is 24.1 Å². The number of hydrogen-bond donors (Lipinski definition) is 2. The Kier molecular flexibility index (Phi) is 4.42. The Balaban J connectivity index is 2.13. The molecule has 0 aliphatic rings. The molecule has 1 aromatic carbocycles. The average Bonchev–Trinajstić information content (AvgIpc) is 2.44. The predicted molar refractivity (Wildman–Crippen MR) is 79.2 cm³/mol. The van der Waals surface area contributed by atoms with Gasteiger partial charge in [-0.2, -0.15) is 0 Å². The van der Waals surface area contributed by atoms with E-state index in [1.807, 2.05) is 6.92 Å². The minimum atomic E-state index is -0.337. The van der Waals surface area contributed by atoms with Crippen molar-refractivity contribution < 1.29 is 9.53 Å². The Bertz CT molecular complexity index is 614. The van der Waals surface area contributed by atoms with E-state index in [2.05, 4.69) is 10.3 Å². The summed E-state index contributed by atoms with van der Waals surface area (Å²) in [7, 11) is 0. The van der Waals surface area contributed by atoms with E-state index >= 15 is 0 Å². The van der Waals surface area contributed by atoms with Gasteiger partial charge < -0.3 is 15.8 Å². The third-order valence-electron chi connectivity index (χ3n) is 2.57. The van der Waals surface area contributed by atoms with Crippen LogP contribution in [0.2, 0.25) is 5.15 Å². The number of pyridine rings is 1. The van der Waals surface area contributed by atoms with Crippen LogP contribution in [-0.2, 0) is 0 Å². The molecule has 2 aromatic rings. The van der Waals surface area contributed by atoms with Crippen molar-refractivity contribution in [3.8, 4) is 5.75 Å². The molecule has 0 unspecified atom stereocenters. The maximum absolute atomic E-state index is 12.1. The lowest BCUT2D eigenvalue weighted by Crippen LogP contribution is -2.14. The third kappa shape index (κ3) is 3.39. The number of hydrogen-bond acceptors (Lipinski definition) is 4. The maximum Gasteiger partial charge on any atom is 0.257 e. The van der Waals surface area contributed by atoms with E-state index in [1.54, 1.807) is 24.3 Å². The van der Waals surface area contributed by atoms with Crippen LogP contribution in [0.3, 0.4) is 0 Å². The number of amides is 1. The molecule has 1 amide bonds. The Morgan fingerprint density at radius 2 is 2.10 bits per heavy atom. The summed E-state index contributed by atoms with van der Waals surface area (Å²) in [5.74, 6) is 0.410. The van der Waals surface area contributed by atoms with Crippen LogP contribution in [0.15, 0.2) is 36.5 Å². The lowest BCUT2D eigenvalue weighted by molar-refractivity contribution is 0.102. The second-order valence-electron chi connectivity index (χ2n) is 4.01. The number of aromatic nitrogens is 1. The van der Waals surface area contributed by atoms with E-state index in [9.17, 15) is 4.79 Å². The Morgan fingerprint density at radius 1 is 1.40 bits per heavy atom. The number of ether oxygens (including phenoxy) is 1. The predicted octanol–water partition coefficient (Wildman–Crippen LogP) is 2.97. The van der Waals surface area contributed by atoms with Gasteiger partial charge in [0.25, 0.3) is 5.91 Å². The first kappa shape index (κ1) is 14.1. The number of nitrogens with two attached hydrogens (primary N) is 1. The van der Waals surface area contributed by atoms with Crippen LogP contribution in [0.4, 0.5) is 11.4 Å². The van der Waals surface area contributed by atoms with Gasteiger partial charge in [-0.05, 0) is 37.3 Å². The number of carbonyl (C=O) groups is 1. The highest BCUT2D eigenvalue weighted by atomic mass is 35.5. The van der Waals surface area contributed by atoms with Gasteiger partial charge in [-0.25, -0.2) is 4.98 Å². The highest BCUT2D eigenvalue weighted by molar-refractivity contribution is 6.30. The summed E-state index contributed by atoms with van der Waals surface area (Å²) in [6.45, 7) is 2.50. The summed E-state index contributed by atoms with van der Waals surface area (Å²) in [5.41, 5.74) is 6.92. The minimum absolute atomic E-state index is 0.219. The molecule has 0 fully saturated rings. The fourth-order valence-corrected chi connectivity index (χ4v) is 1.79. The van der Waals surface area contributed by atoms with Crippen LogP contribution >= 0.6 is 11.6 Å². The molecule has 6 heteroatoms. The smallest absolute Gasteiger partial charge is 0.257 e. The zero-order valence-electron chi connectivity index (χ0n) is 10.9. The van der Waals surface area contributed by atoms with Crippen molar-refractivity contribution in [3.05, 3.63) is 47.2 Å². The molecule has 20 heavy (non-hydrogen) atoms. The van der Waals surface area contributed by atoms with E-state index in [-0.39, 0.29) is 16.7 Å². The van der Waals surface area contributed by atoms with Gasteiger partial charge in [-0.15, -0.1) is 0 Å². The molecule has 1 aromatic heterocycles. The minimum Gasteiger partial charge on any atom is -0.494 e. The number of nitrogens with zero attached hydrogens (tertiary/aromatic N) is 1. The molecule has 5 nitrogen and oxygen atoms in total. The van der Waals surface area contributed by atoms with Crippen LogP contribution in [0, 0.1) is 0 Å². The third-order valence-corrected chi connectivity index (χ3v) is 2.78. The van der Waals surface area contributed by atoms with E-state index in [4.69, 9.17) is 22.1 Å². The standard InChI is InChI=1S/C14H14ClN3O2/c1-2-20-10-5-3-9(4-6-10)18-14(19)11-7-13(15)17-8-12(11)16/h3-8H,2,16H2,1H3,(H,18,19). The number of halogens is 1. The van der Waals surface area contributed by atoms with E-state index in [1.165, 1.54) is 12.3 Å². The quantitative estimate of drug-likeness (QED) is 0.849. The van der Waals surface area contributed by atoms with Gasteiger partial charge in [0, 0.05) is 5.69 Å². The first-order chi connectivity index (χ1) is 9.60. The molecule has 0 spiro atoms. The molecule has 0 bridgehead atoms. The summed E-state index contributed by atoms with van der Waals surface area (Å²) < 4.78 is 5.33. The van der Waals surface area contributed by atoms with Gasteiger partial charge >= 0.3 is 0 Å². The van der Waals surface area contributed by atoms with Crippen molar-refractivity contribution in [3.63, 3.8) is 0 Å². The number of rotatable bonds is 4. The van der Waals surface area contributed by atoms with Crippen molar-refractivity contribution >= 4 is 28.9 Å². The number of anilines is 2. The van der Waals surface area contributed by atoms with Crippen molar-refractivity contribution in [2.24, 2.45) is 0 Å². The molecular weight excluding hydrogens is 278 g/mol. The SMILES string of the molecule is CCOc1ccc(NC(=O)c2cc(Cl)ncc2N)cc1. The van der Waals surface area contributed by atoms with Crippen LogP contribution in [0.1, 0.15) is 17.3 Å². The first-order valence-electron chi connectivity index (χ1n) is 6.05. The molecule has 104 valence electrons. The average molecular weight is 292 g/mol. The van der Waals surface area contributed by atoms with Gasteiger partial charge in [-0.1, -0.05) is 11.6 Å². The lowest BCUT2D eigenvalue weighted by atomic mass is 10.2. The van der Waals surface area contributed by atoms with Crippen molar-refractivity contribution in [1.29, 1.82) is 0 Å². The molecule has 0 saturated heterocycles. The van der Waals surface area contributed by atoms with Crippen molar-refractivity contribution in [2.75, 3.05) is 17.7 Å². The van der Waals surface area contributed by atoms with E-state index in [0.29, 0.717) is 17.9 Å². The summed E-state index contributed by atoms with van der Waals surface area (Å²) in [4.78, 5) is 15.9. The highest BCUT2D eigenvalue weighted by Crippen LogP contribution is 2.19. The molecule has 0 radical (unpaired) electrons. The lowest BCUT2D eigenvalue weighted by Gasteiger charge is -2.08. The Labute approximate surface area is 121 Å². The zero-order chi connectivity index (χ0) is 14.5. The summed E-state index contributed by atoms with van der Waals surface area (Å²) in [6, 6.07) is 8.49. The Morgan fingerprint density at radius 3 is 2.75 bits per heavy atom. The maximum atomic E-state index is 12.1.